The van der Waals surface area contributed by atoms with Gasteiger partial charge < -0.3 is 49.8 Å². The highest BCUT2D eigenvalue weighted by molar-refractivity contribution is 7.08. The first kappa shape index (κ1) is 69.6. The molecule has 0 bridgehead atoms. The molecule has 2 saturated heterocycles. The Morgan fingerprint density at radius 2 is 1.09 bits per heavy atom. The molecular formula is C76H90FN9O9S2. The molecule has 6 amide bonds. The Hall–Kier alpha value is -8.79. The molecule has 0 radical (unpaired) electrons. The number of nitrogens with zero attached hydrogens (tertiary/aromatic N) is 6. The number of halogens is 1. The molecule has 0 spiro atoms. The second kappa shape index (κ2) is 30.3. The van der Waals surface area contributed by atoms with E-state index in [4.69, 9.17) is 11.8 Å². The second-order valence-corrected chi connectivity index (χ2v) is 29.3. The fourth-order valence-corrected chi connectivity index (χ4v) is 15.1. The highest BCUT2D eigenvalue weighted by atomic mass is 32.1. The first-order valence-corrected chi connectivity index (χ1v) is 35.3. The number of amides is 6. The number of benzene rings is 4. The summed E-state index contributed by atoms with van der Waals surface area (Å²) < 4.78 is 25.3. The first-order valence-electron chi connectivity index (χ1n) is 34.1. The number of anilines is 4. The van der Waals surface area contributed by atoms with E-state index in [1.807, 2.05) is 118 Å². The summed E-state index contributed by atoms with van der Waals surface area (Å²) in [6.45, 7) is 18.7. The SMILES string of the molecule is CC(C)n1cc(C[C@@H](N)C(=O)CC2Cc3cccc(N4CCCC4=O)c3N(Cc3ccsc3)C2=O)c2ccccc21.CC(C)n1cc(C[C@@H](NC(=O)C(C)(C)NC(=O)OC(C)(C)C)C(=O)CC2Cc3cccc(N4CCCC4=O)c3N(Cc3ccsc3)C2=O)c2ccccc21.[2H]CF. The van der Waals surface area contributed by atoms with Gasteiger partial charge >= 0.3 is 6.09 Å². The average Bonchev–Trinajstić information content (AvgIpc) is 0.797. The van der Waals surface area contributed by atoms with Gasteiger partial charge in [0.15, 0.2) is 11.6 Å². The maximum absolute atomic E-state index is 14.6. The number of ether oxygens (including phenoxy) is 1. The van der Waals surface area contributed by atoms with Gasteiger partial charge in [0.25, 0.3) is 0 Å². The minimum Gasteiger partial charge on any atom is -0.444 e. The predicted octanol–water partition coefficient (Wildman–Crippen LogP) is 13.3. The number of rotatable bonds is 21. The smallest absolute Gasteiger partial charge is 0.408 e. The van der Waals surface area contributed by atoms with E-state index >= 15 is 0 Å². The molecule has 8 aromatic rings. The minimum atomic E-state index is -1.42. The summed E-state index contributed by atoms with van der Waals surface area (Å²) in [4.78, 5) is 116. The summed E-state index contributed by atoms with van der Waals surface area (Å²) in [6.07, 6.45) is 7.29. The summed E-state index contributed by atoms with van der Waals surface area (Å²) in [6, 6.07) is 30.6. The average molecular weight is 1360 g/mol. The Labute approximate surface area is 576 Å². The van der Waals surface area contributed by atoms with Crippen LogP contribution < -0.4 is 36.0 Å². The number of Topliss-reactive ketones (excluding diaryl/α,β-unsaturated/α-hetero) is 2. The van der Waals surface area contributed by atoms with E-state index in [1.54, 1.807) is 72.0 Å². The van der Waals surface area contributed by atoms with Gasteiger partial charge in [-0.25, -0.2) is 4.79 Å². The third-order valence-corrected chi connectivity index (χ3v) is 19.9. The number of hydrogen-bond acceptors (Lipinski definition) is 12. The number of fused-ring (bicyclic) bond motifs is 4. The zero-order valence-electron chi connectivity index (χ0n) is 57.9. The lowest BCUT2D eigenvalue weighted by atomic mass is 9.85. The molecule has 2 unspecified atom stereocenters. The number of ketones is 2. The third-order valence-electron chi connectivity index (χ3n) is 18.5. The molecule has 8 heterocycles. The molecular weight excluding hydrogens is 1270 g/mol. The first-order chi connectivity index (χ1) is 46.7. The number of alkyl carbamates (subject to hydrolysis) is 1. The van der Waals surface area contributed by atoms with Crippen molar-refractivity contribution in [3.63, 3.8) is 0 Å². The van der Waals surface area contributed by atoms with E-state index in [0.717, 1.165) is 85.1 Å². The van der Waals surface area contributed by atoms with E-state index in [1.165, 1.54) is 0 Å². The highest BCUT2D eigenvalue weighted by Gasteiger charge is 2.42. The molecule has 4 aliphatic rings. The van der Waals surface area contributed by atoms with Gasteiger partial charge in [-0.05, 0) is 186 Å². The summed E-state index contributed by atoms with van der Waals surface area (Å²) in [5.74, 6) is -2.31. The van der Waals surface area contributed by atoms with Crippen molar-refractivity contribution in [3.05, 3.63) is 164 Å². The van der Waals surface area contributed by atoms with Crippen molar-refractivity contribution >= 4 is 114 Å². The number of carbonyl (C=O) groups excluding carboxylic acids is 8. The van der Waals surface area contributed by atoms with Crippen molar-refractivity contribution in [1.29, 1.82) is 0 Å². The quantitative estimate of drug-likeness (QED) is 0.0618. The molecule has 21 heteroatoms. The Kier molecular flexibility index (Phi) is 21.7. The predicted molar refractivity (Wildman–Crippen MR) is 383 cm³/mol. The minimum absolute atomic E-state index is 0.0325. The van der Waals surface area contributed by atoms with Crippen LogP contribution in [0.3, 0.4) is 0 Å². The second-order valence-electron chi connectivity index (χ2n) is 27.8. The fraction of sp³-hybridized carbons (Fsp3) is 0.421. The molecule has 4 aromatic heterocycles. The third kappa shape index (κ3) is 16.0. The lowest BCUT2D eigenvalue weighted by Crippen LogP contribution is -2.59. The number of thiophene rings is 2. The van der Waals surface area contributed by atoms with Crippen molar-refractivity contribution in [1.82, 2.24) is 19.8 Å². The van der Waals surface area contributed by atoms with Crippen LogP contribution in [0, 0.1) is 11.8 Å². The van der Waals surface area contributed by atoms with E-state index in [2.05, 4.69) is 65.8 Å². The Morgan fingerprint density at radius 3 is 1.52 bits per heavy atom. The van der Waals surface area contributed by atoms with Crippen molar-refractivity contribution in [2.24, 2.45) is 17.6 Å². The van der Waals surface area contributed by atoms with E-state index in [0.29, 0.717) is 64.0 Å². The van der Waals surface area contributed by atoms with Crippen LogP contribution in [-0.4, -0.2) is 99.8 Å². The number of carbonyl (C=O) groups is 8. The largest absolute Gasteiger partial charge is 0.444 e. The Bertz CT molecular complexity index is 4230. The van der Waals surface area contributed by atoms with Crippen LogP contribution >= 0.6 is 22.7 Å². The molecule has 18 nitrogen and oxygen atoms in total. The van der Waals surface area contributed by atoms with Crippen molar-refractivity contribution in [3.8, 4) is 0 Å². The van der Waals surface area contributed by atoms with Crippen LogP contribution in [0.4, 0.5) is 31.9 Å². The molecule has 0 saturated carbocycles. The van der Waals surface area contributed by atoms with Gasteiger partial charge in [-0.1, -0.05) is 60.7 Å². The number of alkyl halides is 1. The van der Waals surface area contributed by atoms with Crippen LogP contribution in [-0.2, 0) is 77.1 Å². The van der Waals surface area contributed by atoms with Gasteiger partial charge in [0.1, 0.15) is 11.1 Å². The van der Waals surface area contributed by atoms with Crippen LogP contribution in [0.25, 0.3) is 21.8 Å². The number of nitrogens with one attached hydrogen (secondary N) is 2. The zero-order chi connectivity index (χ0) is 70.3. The lowest BCUT2D eigenvalue weighted by molar-refractivity contribution is -0.132. The Morgan fingerprint density at radius 1 is 0.639 bits per heavy atom. The van der Waals surface area contributed by atoms with Crippen molar-refractivity contribution in [2.45, 2.75) is 175 Å². The van der Waals surface area contributed by atoms with Gasteiger partial charge in [-0.2, -0.15) is 22.7 Å². The van der Waals surface area contributed by atoms with Gasteiger partial charge in [0.05, 0.1) is 56.4 Å². The maximum Gasteiger partial charge on any atom is 0.408 e. The van der Waals surface area contributed by atoms with Crippen LogP contribution in [0.2, 0.25) is 0 Å². The summed E-state index contributed by atoms with van der Waals surface area (Å²) >= 11 is 3.13. The van der Waals surface area contributed by atoms with E-state index < -0.39 is 54.2 Å². The van der Waals surface area contributed by atoms with Gasteiger partial charge in [-0.15, -0.1) is 0 Å². The molecule has 97 heavy (non-hydrogen) atoms. The molecule has 4 aromatic carbocycles. The summed E-state index contributed by atoms with van der Waals surface area (Å²) in [5.41, 5.74) is 15.3. The normalized spacial score (nSPS) is 17.2. The molecule has 4 N–H and O–H groups in total. The molecule has 4 atom stereocenters. The van der Waals surface area contributed by atoms with Crippen molar-refractivity contribution < 1.29 is 48.9 Å². The maximum atomic E-state index is 14.6. The molecule has 2 fully saturated rings. The van der Waals surface area contributed by atoms with Crippen LogP contribution in [0.15, 0.2) is 131 Å². The Balaban J connectivity index is 0.000000211. The summed E-state index contributed by atoms with van der Waals surface area (Å²) in [7, 11) is -1.00. The number of hydrogen-bond donors (Lipinski definition) is 3. The molecule has 12 rings (SSSR count). The molecule has 4 aliphatic heterocycles. The van der Waals surface area contributed by atoms with E-state index in [-0.39, 0.29) is 66.5 Å². The van der Waals surface area contributed by atoms with Crippen molar-refractivity contribution in [2.75, 3.05) is 39.8 Å². The molecule has 512 valence electrons. The lowest BCUT2D eigenvalue weighted by Gasteiger charge is -2.37. The van der Waals surface area contributed by atoms with Crippen LogP contribution in [0.1, 0.15) is 148 Å². The van der Waals surface area contributed by atoms with Gasteiger partial charge in [0, 0.05) is 103 Å². The zero-order valence-corrected chi connectivity index (χ0v) is 58.5. The number of para-hydroxylation sites is 4. The van der Waals surface area contributed by atoms with E-state index in [9.17, 15) is 42.7 Å². The van der Waals surface area contributed by atoms with Crippen LogP contribution in [0.5, 0.6) is 0 Å². The summed E-state index contributed by atoms with van der Waals surface area (Å²) in [5, 5.41) is 15.7. The standard InChI is InChI=1S/C42H51N5O6S.C33H36N4O3S.CH3F/c1-26(2)46-24-30(31-13-8-9-14-33(31)46)21-32(43-39(51)42(6,7)44-40(52)53-41(3,4)5)35(48)22-29-20-28-12-10-15-34(45-18-11-16-36(45)49)37(28)47(38(29)50)23-27-17-19-54-25-27;1-21(2)36-19-25(26-8-3-4-9-28(26)36)16-27(34)30(38)17-24-15-23-7-5-10-29(35-13-6-11-31(35)39)32(23)37(33(24)40)18-22-12-14-41-20-22;1-2/h8-10,12-15,17,19,24-26,29,32H,11,16,18,20-23H2,1-7H3,(H,43,51)(H,44,52);3-5,7-10,12,14,19-21,24,27H,6,11,13,15-18,34H2,1-2H3;1H3/t29?,32-;24?,27-;/m11./s1/i;;1D. The number of nitrogens with two attached hydrogens (primary N) is 1. The highest BCUT2D eigenvalue weighted by Crippen LogP contribution is 2.44. The molecule has 0 aliphatic carbocycles. The van der Waals surface area contributed by atoms with Gasteiger partial charge in [-0.3, -0.25) is 38.0 Å². The monoisotopic (exact) mass is 1360 g/mol. The number of aromatic nitrogens is 2. The topological polar surface area (TPSA) is 219 Å². The fourth-order valence-electron chi connectivity index (χ4n) is 13.8. The van der Waals surface area contributed by atoms with Gasteiger partial charge in [0.2, 0.25) is 29.5 Å².